The van der Waals surface area contributed by atoms with Crippen LogP contribution in [0.1, 0.15) is 20.8 Å². The lowest BCUT2D eigenvalue weighted by Crippen LogP contribution is -2.29. The highest BCUT2D eigenvalue weighted by Gasteiger charge is 2.23. The molecule has 0 aliphatic rings. The van der Waals surface area contributed by atoms with E-state index in [-0.39, 0.29) is 16.6 Å². The van der Waals surface area contributed by atoms with Crippen LogP contribution in [0.2, 0.25) is 5.02 Å². The quantitative estimate of drug-likeness (QED) is 0.660. The Labute approximate surface area is 109 Å². The highest BCUT2D eigenvalue weighted by Crippen LogP contribution is 2.16. The number of esters is 1. The summed E-state index contributed by atoms with van der Waals surface area (Å²) in [6, 6.07) is 0. The van der Waals surface area contributed by atoms with Gasteiger partial charge in [0.15, 0.2) is 6.73 Å². The van der Waals surface area contributed by atoms with E-state index in [1.807, 2.05) is 0 Å². The lowest BCUT2D eigenvalue weighted by molar-refractivity contribution is -0.157. The van der Waals surface area contributed by atoms with Gasteiger partial charge in [-0.15, -0.1) is 12.6 Å². The molecular formula is C10H13ClN2O3S. The monoisotopic (exact) mass is 276 g/mol. The van der Waals surface area contributed by atoms with Gasteiger partial charge in [0.1, 0.15) is 5.02 Å². The molecule has 0 aromatic carbocycles. The Bertz CT molecular complexity index is 493. The molecule has 0 spiro atoms. The van der Waals surface area contributed by atoms with Gasteiger partial charge in [0.05, 0.1) is 11.6 Å². The SMILES string of the molecule is CC(C)(C)C(=O)OCn1ncc(S)c(Cl)c1=O. The van der Waals surface area contributed by atoms with Crippen LogP contribution in [0.5, 0.6) is 0 Å². The van der Waals surface area contributed by atoms with Crippen molar-refractivity contribution in [1.29, 1.82) is 0 Å². The number of carbonyl (C=O) groups excluding carboxylic acids is 1. The Balaban J connectivity index is 2.82. The average molecular weight is 277 g/mol. The smallest absolute Gasteiger partial charge is 0.313 e. The molecule has 1 aromatic heterocycles. The van der Waals surface area contributed by atoms with Crippen molar-refractivity contribution in [2.75, 3.05) is 0 Å². The topological polar surface area (TPSA) is 61.2 Å². The van der Waals surface area contributed by atoms with Gasteiger partial charge in [-0.1, -0.05) is 11.6 Å². The zero-order valence-corrected chi connectivity index (χ0v) is 11.4. The van der Waals surface area contributed by atoms with Crippen LogP contribution in [0.15, 0.2) is 15.9 Å². The Kier molecular flexibility index (Phi) is 4.21. The van der Waals surface area contributed by atoms with Crippen molar-refractivity contribution in [2.45, 2.75) is 32.4 Å². The Morgan fingerprint density at radius 3 is 2.71 bits per heavy atom. The van der Waals surface area contributed by atoms with Crippen LogP contribution >= 0.6 is 24.2 Å². The fourth-order valence-corrected chi connectivity index (χ4v) is 1.18. The van der Waals surface area contributed by atoms with Gasteiger partial charge in [0, 0.05) is 4.90 Å². The summed E-state index contributed by atoms with van der Waals surface area (Å²) in [6.07, 6.45) is 1.32. The molecule has 0 aliphatic carbocycles. The first-order valence-corrected chi connectivity index (χ1v) is 5.68. The normalized spacial score (nSPS) is 11.4. The second-order valence-electron chi connectivity index (χ2n) is 4.46. The van der Waals surface area contributed by atoms with Crippen molar-refractivity contribution >= 4 is 30.2 Å². The van der Waals surface area contributed by atoms with Gasteiger partial charge in [-0.25, -0.2) is 0 Å². The predicted octanol–water partition coefficient (Wildman–Crippen LogP) is 1.73. The Morgan fingerprint density at radius 1 is 1.59 bits per heavy atom. The second kappa shape index (κ2) is 5.10. The van der Waals surface area contributed by atoms with E-state index in [1.165, 1.54) is 6.20 Å². The molecule has 0 unspecified atom stereocenters. The highest BCUT2D eigenvalue weighted by molar-refractivity contribution is 7.80. The van der Waals surface area contributed by atoms with Crippen molar-refractivity contribution in [3.05, 3.63) is 21.6 Å². The number of thiol groups is 1. The van der Waals surface area contributed by atoms with Crippen LogP contribution in [0.3, 0.4) is 0 Å². The van der Waals surface area contributed by atoms with Gasteiger partial charge in [-0.2, -0.15) is 9.78 Å². The van der Waals surface area contributed by atoms with E-state index in [1.54, 1.807) is 20.8 Å². The molecule has 0 N–H and O–H groups in total. The number of hydrogen-bond donors (Lipinski definition) is 1. The average Bonchev–Trinajstić information content (AvgIpc) is 2.23. The maximum absolute atomic E-state index is 11.6. The molecule has 0 atom stereocenters. The molecule has 0 bridgehead atoms. The van der Waals surface area contributed by atoms with E-state index in [2.05, 4.69) is 17.7 Å². The summed E-state index contributed by atoms with van der Waals surface area (Å²) < 4.78 is 5.91. The summed E-state index contributed by atoms with van der Waals surface area (Å²) in [7, 11) is 0. The number of aromatic nitrogens is 2. The summed E-state index contributed by atoms with van der Waals surface area (Å²) in [5.74, 6) is -0.419. The third-order valence-electron chi connectivity index (χ3n) is 1.90. The van der Waals surface area contributed by atoms with Crippen LogP contribution < -0.4 is 5.56 Å². The highest BCUT2D eigenvalue weighted by atomic mass is 35.5. The maximum Gasteiger partial charge on any atom is 0.313 e. The van der Waals surface area contributed by atoms with Gasteiger partial charge in [0.25, 0.3) is 5.56 Å². The number of halogens is 1. The van der Waals surface area contributed by atoms with Gasteiger partial charge in [-0.05, 0) is 20.8 Å². The molecule has 1 heterocycles. The third kappa shape index (κ3) is 3.47. The summed E-state index contributed by atoms with van der Waals surface area (Å²) in [5, 5.41) is 3.71. The molecule has 94 valence electrons. The Morgan fingerprint density at radius 2 is 2.18 bits per heavy atom. The molecule has 17 heavy (non-hydrogen) atoms. The predicted molar refractivity (Wildman–Crippen MR) is 66.3 cm³/mol. The zero-order valence-electron chi connectivity index (χ0n) is 9.73. The molecule has 0 fully saturated rings. The van der Waals surface area contributed by atoms with Crippen LogP contribution in [-0.4, -0.2) is 15.7 Å². The molecule has 0 saturated carbocycles. The number of carbonyl (C=O) groups is 1. The van der Waals surface area contributed by atoms with Gasteiger partial charge < -0.3 is 4.74 Å². The number of nitrogens with zero attached hydrogens (tertiary/aromatic N) is 2. The van der Waals surface area contributed by atoms with Gasteiger partial charge in [0.2, 0.25) is 0 Å². The fraction of sp³-hybridized carbons (Fsp3) is 0.500. The molecule has 0 saturated heterocycles. The summed E-state index contributed by atoms with van der Waals surface area (Å²) in [4.78, 5) is 23.4. The zero-order chi connectivity index (χ0) is 13.2. The van der Waals surface area contributed by atoms with Crippen LogP contribution in [-0.2, 0) is 16.3 Å². The minimum absolute atomic E-state index is 0.0462. The van der Waals surface area contributed by atoms with Crippen molar-refractivity contribution in [3.63, 3.8) is 0 Å². The Hall–Kier alpha value is -1.01. The first-order valence-electron chi connectivity index (χ1n) is 4.85. The number of ether oxygens (including phenoxy) is 1. The molecule has 1 rings (SSSR count). The summed E-state index contributed by atoms with van der Waals surface area (Å²) in [6.45, 7) is 4.89. The lowest BCUT2D eigenvalue weighted by atomic mass is 9.98. The minimum Gasteiger partial charge on any atom is -0.442 e. The molecule has 0 aliphatic heterocycles. The van der Waals surface area contributed by atoms with E-state index < -0.39 is 16.9 Å². The molecule has 7 heteroatoms. The first-order chi connectivity index (χ1) is 7.73. The minimum atomic E-state index is -0.628. The molecule has 0 amide bonds. The number of rotatable bonds is 2. The molecular weight excluding hydrogens is 264 g/mol. The van der Waals surface area contributed by atoms with Gasteiger partial charge in [-0.3, -0.25) is 9.59 Å². The molecule has 0 radical (unpaired) electrons. The van der Waals surface area contributed by atoms with E-state index in [0.717, 1.165) is 4.68 Å². The van der Waals surface area contributed by atoms with Crippen LogP contribution in [0, 0.1) is 5.41 Å². The van der Waals surface area contributed by atoms with Crippen molar-refractivity contribution in [3.8, 4) is 0 Å². The summed E-state index contributed by atoms with van der Waals surface area (Å²) in [5.41, 5.74) is -1.17. The van der Waals surface area contributed by atoms with E-state index in [4.69, 9.17) is 16.3 Å². The largest absolute Gasteiger partial charge is 0.442 e. The second-order valence-corrected chi connectivity index (χ2v) is 5.32. The molecule has 1 aromatic rings. The van der Waals surface area contributed by atoms with Crippen molar-refractivity contribution in [1.82, 2.24) is 9.78 Å². The van der Waals surface area contributed by atoms with Gasteiger partial charge >= 0.3 is 5.97 Å². The standard InChI is InChI=1S/C10H13ClN2O3S/c1-10(2,3)9(15)16-5-13-8(14)7(11)6(17)4-12-13/h4,17H,5H2,1-3H3. The van der Waals surface area contributed by atoms with E-state index >= 15 is 0 Å². The van der Waals surface area contributed by atoms with Crippen LogP contribution in [0.25, 0.3) is 0 Å². The van der Waals surface area contributed by atoms with Crippen molar-refractivity contribution < 1.29 is 9.53 Å². The maximum atomic E-state index is 11.6. The summed E-state index contributed by atoms with van der Waals surface area (Å²) >= 11 is 9.65. The van der Waals surface area contributed by atoms with E-state index in [9.17, 15) is 9.59 Å². The molecule has 5 nitrogen and oxygen atoms in total. The third-order valence-corrected chi connectivity index (χ3v) is 2.73. The number of hydrogen-bond acceptors (Lipinski definition) is 5. The van der Waals surface area contributed by atoms with Crippen LogP contribution in [0.4, 0.5) is 0 Å². The fourth-order valence-electron chi connectivity index (χ4n) is 0.885. The lowest BCUT2D eigenvalue weighted by Gasteiger charge is -2.16. The van der Waals surface area contributed by atoms with Crippen molar-refractivity contribution in [2.24, 2.45) is 5.41 Å². The first kappa shape index (κ1) is 14.1. The van der Waals surface area contributed by atoms with E-state index in [0.29, 0.717) is 0 Å².